The van der Waals surface area contributed by atoms with E-state index >= 15 is 0 Å². The maximum absolute atomic E-state index is 11.6. The first-order valence-corrected chi connectivity index (χ1v) is 6.43. The molecular formula is C13H27NO3. The molecule has 1 N–H and O–H groups in total. The Labute approximate surface area is 105 Å². The van der Waals surface area contributed by atoms with Crippen LogP contribution in [0.2, 0.25) is 0 Å². The van der Waals surface area contributed by atoms with Crippen LogP contribution in [0.1, 0.15) is 47.0 Å². The van der Waals surface area contributed by atoms with Crippen molar-refractivity contribution in [2.45, 2.75) is 58.5 Å². The largest absolute Gasteiger partial charge is 0.480 e. The first-order valence-electron chi connectivity index (χ1n) is 6.43. The molecule has 0 saturated carbocycles. The molecule has 4 heteroatoms. The van der Waals surface area contributed by atoms with Gasteiger partial charge in [0.15, 0.2) is 0 Å². The van der Waals surface area contributed by atoms with E-state index in [1.807, 2.05) is 13.8 Å². The third-order valence-corrected chi connectivity index (χ3v) is 3.49. The van der Waals surface area contributed by atoms with E-state index in [1.165, 1.54) is 0 Å². The zero-order valence-corrected chi connectivity index (χ0v) is 11.8. The summed E-state index contributed by atoms with van der Waals surface area (Å²) in [6.07, 6.45) is 2.47. The minimum absolute atomic E-state index is 0.248. The molecular weight excluding hydrogens is 218 g/mol. The Morgan fingerprint density at radius 2 is 2.06 bits per heavy atom. The summed E-state index contributed by atoms with van der Waals surface area (Å²) in [4.78, 5) is 13.6. The van der Waals surface area contributed by atoms with E-state index in [4.69, 9.17) is 4.74 Å². The molecule has 0 aromatic rings. The van der Waals surface area contributed by atoms with Crippen LogP contribution < -0.4 is 0 Å². The molecule has 0 amide bonds. The second-order valence-corrected chi connectivity index (χ2v) is 4.77. The van der Waals surface area contributed by atoms with Crippen molar-refractivity contribution >= 4 is 5.97 Å². The number of carbonyl (C=O) groups is 1. The molecule has 0 aliphatic heterocycles. The lowest BCUT2D eigenvalue weighted by atomic mass is 9.91. The van der Waals surface area contributed by atoms with Gasteiger partial charge in [-0.3, -0.25) is 9.69 Å². The number of carboxylic acid groups (broad SMARTS) is 1. The fourth-order valence-corrected chi connectivity index (χ4v) is 2.22. The standard InChI is InChI=1S/C13H27NO3/c1-6-8-13(4,12(15)16)14(9-10-17-5)11(3)7-2/h11H,6-10H2,1-5H3,(H,15,16). The van der Waals surface area contributed by atoms with Gasteiger partial charge in [0, 0.05) is 19.7 Å². The van der Waals surface area contributed by atoms with Crippen molar-refractivity contribution in [3.63, 3.8) is 0 Å². The topological polar surface area (TPSA) is 49.8 Å². The number of hydrogen-bond acceptors (Lipinski definition) is 3. The fraction of sp³-hybridized carbons (Fsp3) is 0.923. The molecule has 0 radical (unpaired) electrons. The molecule has 102 valence electrons. The lowest BCUT2D eigenvalue weighted by Gasteiger charge is -2.41. The highest BCUT2D eigenvalue weighted by atomic mass is 16.5. The Balaban J connectivity index is 4.99. The quantitative estimate of drug-likeness (QED) is 0.677. The summed E-state index contributed by atoms with van der Waals surface area (Å²) >= 11 is 0. The second-order valence-electron chi connectivity index (χ2n) is 4.77. The number of rotatable bonds is 9. The molecule has 0 saturated heterocycles. The molecule has 4 nitrogen and oxygen atoms in total. The van der Waals surface area contributed by atoms with Gasteiger partial charge in [0.2, 0.25) is 0 Å². The second kappa shape index (κ2) is 7.67. The number of ether oxygens (including phenoxy) is 1. The minimum Gasteiger partial charge on any atom is -0.480 e. The normalized spacial score (nSPS) is 16.8. The fourth-order valence-electron chi connectivity index (χ4n) is 2.22. The van der Waals surface area contributed by atoms with E-state index in [1.54, 1.807) is 7.11 Å². The van der Waals surface area contributed by atoms with Gasteiger partial charge in [0.1, 0.15) is 5.54 Å². The highest BCUT2D eigenvalue weighted by Gasteiger charge is 2.40. The van der Waals surface area contributed by atoms with Crippen molar-refractivity contribution in [3.8, 4) is 0 Å². The van der Waals surface area contributed by atoms with Crippen molar-refractivity contribution in [1.29, 1.82) is 0 Å². The first kappa shape index (κ1) is 16.4. The summed E-state index contributed by atoms with van der Waals surface area (Å²) in [5.41, 5.74) is -0.789. The van der Waals surface area contributed by atoms with E-state index in [2.05, 4.69) is 18.7 Å². The molecule has 17 heavy (non-hydrogen) atoms. The van der Waals surface area contributed by atoms with Crippen LogP contribution in [0.5, 0.6) is 0 Å². The number of hydrogen-bond donors (Lipinski definition) is 1. The average molecular weight is 245 g/mol. The van der Waals surface area contributed by atoms with Crippen LogP contribution in [0.3, 0.4) is 0 Å². The highest BCUT2D eigenvalue weighted by molar-refractivity contribution is 5.78. The molecule has 0 aromatic heterocycles. The van der Waals surface area contributed by atoms with Crippen molar-refractivity contribution < 1.29 is 14.6 Å². The summed E-state index contributed by atoms with van der Waals surface area (Å²) in [6, 6.07) is 0.248. The molecule has 0 spiro atoms. The van der Waals surface area contributed by atoms with Crippen LogP contribution >= 0.6 is 0 Å². The predicted molar refractivity (Wildman–Crippen MR) is 69.3 cm³/mol. The van der Waals surface area contributed by atoms with Crippen molar-refractivity contribution in [2.75, 3.05) is 20.3 Å². The van der Waals surface area contributed by atoms with Crippen molar-refractivity contribution in [3.05, 3.63) is 0 Å². The van der Waals surface area contributed by atoms with Gasteiger partial charge >= 0.3 is 5.97 Å². The maximum atomic E-state index is 11.6. The van der Waals surface area contributed by atoms with Gasteiger partial charge in [-0.05, 0) is 26.7 Å². The van der Waals surface area contributed by atoms with Gasteiger partial charge in [-0.2, -0.15) is 0 Å². The Bertz CT molecular complexity index is 233. The summed E-state index contributed by atoms with van der Waals surface area (Å²) < 4.78 is 5.09. The Morgan fingerprint density at radius 1 is 1.47 bits per heavy atom. The van der Waals surface area contributed by atoms with E-state index in [0.29, 0.717) is 19.6 Å². The average Bonchev–Trinajstić information content (AvgIpc) is 2.29. The van der Waals surface area contributed by atoms with Gasteiger partial charge in [-0.15, -0.1) is 0 Å². The van der Waals surface area contributed by atoms with E-state index in [9.17, 15) is 9.90 Å². The van der Waals surface area contributed by atoms with Gasteiger partial charge in [0.05, 0.1) is 6.61 Å². The molecule has 0 aliphatic rings. The maximum Gasteiger partial charge on any atom is 0.323 e. The predicted octanol–water partition coefficient (Wildman–Crippen LogP) is 2.38. The molecule has 2 atom stereocenters. The minimum atomic E-state index is -0.789. The van der Waals surface area contributed by atoms with Crippen LogP contribution in [0.15, 0.2) is 0 Å². The lowest BCUT2D eigenvalue weighted by Crippen LogP contribution is -2.56. The summed E-state index contributed by atoms with van der Waals surface area (Å²) in [5, 5.41) is 9.50. The van der Waals surface area contributed by atoms with Crippen LogP contribution in [0.4, 0.5) is 0 Å². The first-order chi connectivity index (χ1) is 7.93. The van der Waals surface area contributed by atoms with Crippen LogP contribution in [-0.2, 0) is 9.53 Å². The van der Waals surface area contributed by atoms with Gasteiger partial charge in [-0.1, -0.05) is 20.3 Å². The molecule has 0 heterocycles. The molecule has 0 fully saturated rings. The van der Waals surface area contributed by atoms with Gasteiger partial charge < -0.3 is 9.84 Å². The third-order valence-electron chi connectivity index (χ3n) is 3.49. The molecule has 0 aromatic carbocycles. The number of nitrogens with zero attached hydrogens (tertiary/aromatic N) is 1. The Kier molecular flexibility index (Phi) is 7.39. The van der Waals surface area contributed by atoms with Crippen LogP contribution in [0, 0.1) is 0 Å². The Hall–Kier alpha value is -0.610. The van der Waals surface area contributed by atoms with E-state index in [-0.39, 0.29) is 6.04 Å². The zero-order valence-electron chi connectivity index (χ0n) is 11.8. The van der Waals surface area contributed by atoms with Crippen LogP contribution in [-0.4, -0.2) is 47.8 Å². The summed E-state index contributed by atoms with van der Waals surface area (Å²) in [5.74, 6) is -0.740. The van der Waals surface area contributed by atoms with Gasteiger partial charge in [0.25, 0.3) is 0 Å². The zero-order chi connectivity index (χ0) is 13.5. The summed E-state index contributed by atoms with van der Waals surface area (Å²) in [7, 11) is 1.65. The van der Waals surface area contributed by atoms with Gasteiger partial charge in [-0.25, -0.2) is 0 Å². The number of aliphatic carboxylic acids is 1. The number of carboxylic acids is 1. The molecule has 2 unspecified atom stereocenters. The molecule has 0 aliphatic carbocycles. The van der Waals surface area contributed by atoms with Crippen molar-refractivity contribution in [1.82, 2.24) is 4.90 Å². The number of methoxy groups -OCH3 is 1. The van der Waals surface area contributed by atoms with Crippen molar-refractivity contribution in [2.24, 2.45) is 0 Å². The van der Waals surface area contributed by atoms with E-state index in [0.717, 1.165) is 12.8 Å². The molecule has 0 rings (SSSR count). The van der Waals surface area contributed by atoms with E-state index < -0.39 is 11.5 Å². The lowest BCUT2D eigenvalue weighted by molar-refractivity contribution is -0.153. The smallest absolute Gasteiger partial charge is 0.323 e. The third kappa shape index (κ3) is 4.28. The van der Waals surface area contributed by atoms with Crippen LogP contribution in [0.25, 0.3) is 0 Å². The molecule has 0 bridgehead atoms. The highest BCUT2D eigenvalue weighted by Crippen LogP contribution is 2.25. The monoisotopic (exact) mass is 245 g/mol. The Morgan fingerprint density at radius 3 is 2.41 bits per heavy atom. The SMILES string of the molecule is CCCC(C)(C(=O)O)N(CCOC)C(C)CC. The summed E-state index contributed by atoms with van der Waals surface area (Å²) in [6.45, 7) is 9.23.